The van der Waals surface area contributed by atoms with Crippen molar-refractivity contribution < 1.29 is 4.74 Å². The number of hydrogen-bond acceptors (Lipinski definition) is 4. The molecule has 0 atom stereocenters. The quantitative estimate of drug-likeness (QED) is 0.603. The first-order valence-corrected chi connectivity index (χ1v) is 4.90. The molecule has 1 heterocycles. The Hall–Kier alpha value is -0.870. The van der Waals surface area contributed by atoms with Crippen molar-refractivity contribution in [3.63, 3.8) is 0 Å². The first-order valence-electron chi connectivity index (χ1n) is 4.52. The fourth-order valence-electron chi connectivity index (χ4n) is 0.907. The topological polar surface area (TPSA) is 47.0 Å². The zero-order valence-corrected chi connectivity index (χ0v) is 9.08. The van der Waals surface area contributed by atoms with Gasteiger partial charge in [-0.05, 0) is 31.5 Å². The second-order valence-corrected chi connectivity index (χ2v) is 3.40. The van der Waals surface area contributed by atoms with Crippen LogP contribution in [0.2, 0.25) is 5.28 Å². The number of hydrogen-bond donors (Lipinski definition) is 1. The van der Waals surface area contributed by atoms with E-state index in [1.165, 1.54) is 0 Å². The molecule has 0 aromatic carbocycles. The maximum atomic E-state index is 5.61. The smallest absolute Gasteiger partial charge is 0.224 e. The third-order valence-electron chi connectivity index (χ3n) is 1.49. The molecule has 1 N–H and O–H groups in total. The lowest BCUT2D eigenvalue weighted by Crippen LogP contribution is -2.13. The maximum absolute atomic E-state index is 5.61. The van der Waals surface area contributed by atoms with E-state index >= 15 is 0 Å². The first-order chi connectivity index (χ1) is 6.68. The molecule has 0 spiro atoms. The number of anilines is 1. The highest BCUT2D eigenvalue weighted by molar-refractivity contribution is 6.28. The fourth-order valence-corrected chi connectivity index (χ4v) is 1.05. The number of rotatable bonds is 5. The molecule has 0 bridgehead atoms. The van der Waals surface area contributed by atoms with Gasteiger partial charge >= 0.3 is 0 Å². The molecule has 0 unspecified atom stereocenters. The van der Waals surface area contributed by atoms with Crippen LogP contribution in [-0.4, -0.2) is 29.2 Å². The maximum Gasteiger partial charge on any atom is 0.224 e. The fraction of sp³-hybridized carbons (Fsp3) is 0.556. The Morgan fingerprint density at radius 3 is 3.00 bits per heavy atom. The van der Waals surface area contributed by atoms with Crippen LogP contribution in [0, 0.1) is 0 Å². The lowest BCUT2D eigenvalue weighted by Gasteiger charge is -2.08. The molecule has 1 rings (SSSR count). The molecule has 78 valence electrons. The molecular weight excluding hydrogens is 202 g/mol. The molecule has 0 saturated heterocycles. The predicted molar refractivity (Wildman–Crippen MR) is 56.6 cm³/mol. The van der Waals surface area contributed by atoms with Crippen molar-refractivity contribution in [2.24, 2.45) is 0 Å². The summed E-state index contributed by atoms with van der Waals surface area (Å²) in [5.74, 6) is 0.720. The lowest BCUT2D eigenvalue weighted by molar-refractivity contribution is 0.0870. The zero-order chi connectivity index (χ0) is 10.4. The summed E-state index contributed by atoms with van der Waals surface area (Å²) in [6, 6.07) is 1.77. The minimum absolute atomic E-state index is 0.250. The van der Waals surface area contributed by atoms with E-state index in [9.17, 15) is 0 Å². The largest absolute Gasteiger partial charge is 0.377 e. The first kappa shape index (κ1) is 11.2. The van der Waals surface area contributed by atoms with Crippen LogP contribution in [-0.2, 0) is 4.74 Å². The van der Waals surface area contributed by atoms with Crippen molar-refractivity contribution in [2.75, 3.05) is 18.5 Å². The van der Waals surface area contributed by atoms with E-state index in [0.29, 0.717) is 13.2 Å². The van der Waals surface area contributed by atoms with Crippen LogP contribution in [0.3, 0.4) is 0 Å². The second-order valence-electron chi connectivity index (χ2n) is 3.06. The van der Waals surface area contributed by atoms with Crippen LogP contribution in [0.1, 0.15) is 13.8 Å². The Morgan fingerprint density at radius 1 is 1.57 bits per heavy atom. The Morgan fingerprint density at radius 2 is 2.36 bits per heavy atom. The number of ether oxygens (including phenoxy) is 1. The summed E-state index contributed by atoms with van der Waals surface area (Å²) >= 11 is 5.61. The zero-order valence-electron chi connectivity index (χ0n) is 8.33. The monoisotopic (exact) mass is 215 g/mol. The van der Waals surface area contributed by atoms with Crippen molar-refractivity contribution in [3.8, 4) is 0 Å². The number of nitrogens with one attached hydrogen (secondary N) is 1. The van der Waals surface area contributed by atoms with Gasteiger partial charge in [-0.3, -0.25) is 0 Å². The van der Waals surface area contributed by atoms with Crippen LogP contribution in [0.15, 0.2) is 12.3 Å². The van der Waals surface area contributed by atoms with Crippen molar-refractivity contribution in [2.45, 2.75) is 20.0 Å². The molecule has 5 heteroatoms. The normalized spacial score (nSPS) is 10.6. The molecule has 0 aliphatic rings. The summed E-state index contributed by atoms with van der Waals surface area (Å²) in [7, 11) is 0. The van der Waals surface area contributed by atoms with E-state index in [2.05, 4.69) is 15.3 Å². The van der Waals surface area contributed by atoms with E-state index in [4.69, 9.17) is 16.3 Å². The van der Waals surface area contributed by atoms with Gasteiger partial charge in [-0.2, -0.15) is 0 Å². The molecule has 4 nitrogen and oxygen atoms in total. The summed E-state index contributed by atoms with van der Waals surface area (Å²) < 4.78 is 5.35. The van der Waals surface area contributed by atoms with Crippen molar-refractivity contribution in [3.05, 3.63) is 17.5 Å². The van der Waals surface area contributed by atoms with Gasteiger partial charge in [0, 0.05) is 12.7 Å². The number of halogens is 1. The molecule has 0 amide bonds. The second kappa shape index (κ2) is 5.78. The lowest BCUT2D eigenvalue weighted by atomic mass is 10.5. The number of aromatic nitrogens is 2. The van der Waals surface area contributed by atoms with Gasteiger partial charge in [-0.15, -0.1) is 0 Å². The summed E-state index contributed by atoms with van der Waals surface area (Å²) in [6.07, 6.45) is 1.87. The van der Waals surface area contributed by atoms with Crippen molar-refractivity contribution in [1.82, 2.24) is 9.97 Å². The standard InChI is InChI=1S/C9H14ClN3O/c1-7(2)14-6-5-11-8-3-4-12-9(10)13-8/h3-4,7H,5-6H2,1-2H3,(H,11,12,13). The van der Waals surface area contributed by atoms with E-state index in [0.717, 1.165) is 5.82 Å². The molecule has 14 heavy (non-hydrogen) atoms. The highest BCUT2D eigenvalue weighted by Gasteiger charge is 1.96. The minimum Gasteiger partial charge on any atom is -0.377 e. The third kappa shape index (κ3) is 4.39. The average Bonchev–Trinajstić information content (AvgIpc) is 2.12. The third-order valence-corrected chi connectivity index (χ3v) is 1.67. The summed E-state index contributed by atoms with van der Waals surface area (Å²) in [5.41, 5.74) is 0. The minimum atomic E-state index is 0.250. The van der Waals surface area contributed by atoms with E-state index in [-0.39, 0.29) is 11.4 Å². The highest BCUT2D eigenvalue weighted by atomic mass is 35.5. The van der Waals surface area contributed by atoms with Gasteiger partial charge in [0.15, 0.2) is 0 Å². The van der Waals surface area contributed by atoms with Gasteiger partial charge in [0.1, 0.15) is 5.82 Å². The van der Waals surface area contributed by atoms with Crippen LogP contribution in [0.25, 0.3) is 0 Å². The Bertz CT molecular complexity index is 281. The summed E-state index contributed by atoms with van der Waals surface area (Å²) in [5, 5.41) is 3.33. The number of nitrogens with zero attached hydrogens (tertiary/aromatic N) is 2. The van der Waals surface area contributed by atoms with Gasteiger partial charge in [0.05, 0.1) is 12.7 Å². The van der Waals surface area contributed by atoms with Gasteiger partial charge in [-0.25, -0.2) is 9.97 Å². The van der Waals surface area contributed by atoms with E-state index < -0.39 is 0 Å². The molecule has 0 fully saturated rings. The van der Waals surface area contributed by atoms with Crippen LogP contribution in [0.5, 0.6) is 0 Å². The SMILES string of the molecule is CC(C)OCCNc1ccnc(Cl)n1. The Kier molecular flexibility index (Phi) is 4.62. The molecule has 0 aliphatic heterocycles. The Labute approximate surface area is 88.7 Å². The average molecular weight is 216 g/mol. The van der Waals surface area contributed by atoms with Crippen molar-refractivity contribution >= 4 is 17.4 Å². The molecule has 0 saturated carbocycles. The predicted octanol–water partition coefficient (Wildman–Crippen LogP) is 1.97. The van der Waals surface area contributed by atoms with Crippen LogP contribution in [0.4, 0.5) is 5.82 Å². The van der Waals surface area contributed by atoms with Crippen LogP contribution >= 0.6 is 11.6 Å². The summed E-state index contributed by atoms with van der Waals surface area (Å²) in [6.45, 7) is 5.37. The Balaban J connectivity index is 2.25. The van der Waals surface area contributed by atoms with Crippen LogP contribution < -0.4 is 5.32 Å². The molecule has 1 aromatic rings. The van der Waals surface area contributed by atoms with Gasteiger partial charge in [0.2, 0.25) is 5.28 Å². The molecule has 1 aromatic heterocycles. The molecular formula is C9H14ClN3O. The highest BCUT2D eigenvalue weighted by Crippen LogP contribution is 2.04. The van der Waals surface area contributed by atoms with Gasteiger partial charge in [-0.1, -0.05) is 0 Å². The molecule has 0 radical (unpaired) electrons. The molecule has 0 aliphatic carbocycles. The summed E-state index contributed by atoms with van der Waals surface area (Å²) in [4.78, 5) is 7.76. The van der Waals surface area contributed by atoms with Gasteiger partial charge < -0.3 is 10.1 Å². The van der Waals surface area contributed by atoms with E-state index in [1.54, 1.807) is 12.3 Å². The van der Waals surface area contributed by atoms with Gasteiger partial charge in [0.25, 0.3) is 0 Å². The van der Waals surface area contributed by atoms with E-state index in [1.807, 2.05) is 13.8 Å². The van der Waals surface area contributed by atoms with Crippen molar-refractivity contribution in [1.29, 1.82) is 0 Å².